The highest BCUT2D eigenvalue weighted by Crippen LogP contribution is 2.22. The highest BCUT2D eigenvalue weighted by molar-refractivity contribution is 6.38. The van der Waals surface area contributed by atoms with Gasteiger partial charge in [0.05, 0.1) is 16.3 Å². The molecule has 3 rings (SSSR count). The number of nitrogens with one attached hydrogen (secondary N) is 2. The zero-order chi connectivity index (χ0) is 19.8. The van der Waals surface area contributed by atoms with Crippen LogP contribution in [0.2, 0.25) is 10.0 Å². The minimum atomic E-state index is -0.316. The highest BCUT2D eigenvalue weighted by Gasteiger charge is 2.19. The summed E-state index contributed by atoms with van der Waals surface area (Å²) < 4.78 is 0. The monoisotopic (exact) mass is 420 g/mol. The van der Waals surface area contributed by atoms with Crippen molar-refractivity contribution in [1.29, 1.82) is 0 Å². The van der Waals surface area contributed by atoms with Gasteiger partial charge in [0.2, 0.25) is 0 Å². The van der Waals surface area contributed by atoms with Gasteiger partial charge in [-0.2, -0.15) is 10.2 Å². The number of aromatic amines is 1. The van der Waals surface area contributed by atoms with E-state index in [-0.39, 0.29) is 5.91 Å². The van der Waals surface area contributed by atoms with Crippen LogP contribution in [0, 0.1) is 0 Å². The Morgan fingerprint density at radius 1 is 1.00 bits per heavy atom. The number of fused-ring (bicyclic) bond motifs is 1. The molecule has 0 aliphatic heterocycles. The molecule has 2 aromatic rings. The number of aromatic nitrogens is 2. The fourth-order valence-electron chi connectivity index (χ4n) is 3.57. The molecule has 0 spiro atoms. The fraction of sp³-hybridized carbons (Fsp3) is 0.476. The molecule has 1 amide bonds. The molecule has 0 fully saturated rings. The number of nitrogens with zero attached hydrogens (tertiary/aromatic N) is 2. The first-order valence-electron chi connectivity index (χ1n) is 10.0. The second kappa shape index (κ2) is 10.6. The van der Waals surface area contributed by atoms with Crippen LogP contribution in [0.25, 0.3) is 0 Å². The van der Waals surface area contributed by atoms with Gasteiger partial charge in [-0.05, 0) is 37.8 Å². The van der Waals surface area contributed by atoms with Crippen LogP contribution < -0.4 is 5.43 Å². The number of carbonyl (C=O) groups is 1. The minimum Gasteiger partial charge on any atom is -0.281 e. The van der Waals surface area contributed by atoms with Crippen LogP contribution in [0.5, 0.6) is 0 Å². The molecule has 28 heavy (non-hydrogen) atoms. The lowest BCUT2D eigenvalue weighted by atomic mass is 9.98. The zero-order valence-corrected chi connectivity index (χ0v) is 17.5. The Labute approximate surface area is 175 Å². The smallest absolute Gasteiger partial charge is 0.281 e. The van der Waals surface area contributed by atoms with Crippen molar-refractivity contribution in [3.63, 3.8) is 0 Å². The average molecular weight is 421 g/mol. The summed E-state index contributed by atoms with van der Waals surface area (Å²) >= 11 is 12.2. The lowest BCUT2D eigenvalue weighted by molar-refractivity contribution is 0.0949. The second-order valence-electron chi connectivity index (χ2n) is 7.19. The molecule has 0 radical (unpaired) electrons. The van der Waals surface area contributed by atoms with E-state index < -0.39 is 0 Å². The number of hydrazone groups is 1. The van der Waals surface area contributed by atoms with E-state index in [1.165, 1.54) is 44.7 Å². The standard InChI is InChI=1S/C21H26Cl2N4O/c22-17-11-9-12-18(23)16(17)14-24-27-21(28)20-15-10-7-5-3-1-2-4-6-8-13-19(15)25-26-20/h9,11-12,14H,1-8,10,13H2,(H,25,26)(H,27,28)/b24-14+. The maximum absolute atomic E-state index is 12.6. The van der Waals surface area contributed by atoms with E-state index in [0.717, 1.165) is 36.9 Å². The number of H-pyrrole nitrogens is 1. The van der Waals surface area contributed by atoms with E-state index in [4.69, 9.17) is 23.2 Å². The number of halogens is 2. The summed E-state index contributed by atoms with van der Waals surface area (Å²) in [6.45, 7) is 0. The van der Waals surface area contributed by atoms with Gasteiger partial charge in [-0.3, -0.25) is 9.89 Å². The lowest BCUT2D eigenvalue weighted by Crippen LogP contribution is -2.20. The molecular formula is C21H26Cl2N4O. The number of hydrogen-bond donors (Lipinski definition) is 2. The first kappa shape index (κ1) is 20.9. The molecule has 1 aliphatic carbocycles. The first-order chi connectivity index (χ1) is 13.7. The predicted octanol–water partition coefficient (Wildman–Crippen LogP) is 5.70. The van der Waals surface area contributed by atoms with Crippen molar-refractivity contribution < 1.29 is 4.79 Å². The van der Waals surface area contributed by atoms with Gasteiger partial charge in [-0.1, -0.05) is 67.8 Å². The number of amides is 1. The molecule has 1 aromatic carbocycles. The van der Waals surface area contributed by atoms with Gasteiger partial charge in [0.1, 0.15) is 0 Å². The van der Waals surface area contributed by atoms with E-state index in [9.17, 15) is 4.79 Å². The highest BCUT2D eigenvalue weighted by atomic mass is 35.5. The topological polar surface area (TPSA) is 70.1 Å². The summed E-state index contributed by atoms with van der Waals surface area (Å²) in [5.41, 5.74) is 5.69. The van der Waals surface area contributed by atoms with Gasteiger partial charge in [0.15, 0.2) is 5.69 Å². The van der Waals surface area contributed by atoms with Gasteiger partial charge < -0.3 is 0 Å². The molecule has 0 saturated carbocycles. The van der Waals surface area contributed by atoms with Crippen LogP contribution in [0.1, 0.15) is 78.7 Å². The molecule has 7 heteroatoms. The Kier molecular flexibility index (Phi) is 7.92. The number of carbonyl (C=O) groups excluding carboxylic acids is 1. The third kappa shape index (κ3) is 5.58. The molecule has 1 heterocycles. The predicted molar refractivity (Wildman–Crippen MR) is 114 cm³/mol. The maximum atomic E-state index is 12.6. The van der Waals surface area contributed by atoms with Gasteiger partial charge in [0.25, 0.3) is 5.91 Å². The zero-order valence-electron chi connectivity index (χ0n) is 15.9. The van der Waals surface area contributed by atoms with E-state index in [1.807, 2.05) is 0 Å². The Balaban J connectivity index is 1.70. The molecule has 5 nitrogen and oxygen atoms in total. The van der Waals surface area contributed by atoms with Crippen molar-refractivity contribution in [3.05, 3.63) is 50.8 Å². The molecule has 1 aliphatic rings. The molecule has 0 saturated heterocycles. The molecular weight excluding hydrogens is 395 g/mol. The largest absolute Gasteiger partial charge is 0.292 e. The van der Waals surface area contributed by atoms with Gasteiger partial charge in [0, 0.05) is 16.8 Å². The van der Waals surface area contributed by atoms with Crippen LogP contribution in [0.3, 0.4) is 0 Å². The van der Waals surface area contributed by atoms with Crippen molar-refractivity contribution in [2.24, 2.45) is 5.10 Å². The van der Waals surface area contributed by atoms with Crippen molar-refractivity contribution in [2.75, 3.05) is 0 Å². The second-order valence-corrected chi connectivity index (χ2v) is 8.01. The van der Waals surface area contributed by atoms with Gasteiger partial charge in [-0.15, -0.1) is 0 Å². The molecule has 1 aromatic heterocycles. The lowest BCUT2D eigenvalue weighted by Gasteiger charge is -2.08. The minimum absolute atomic E-state index is 0.316. The Morgan fingerprint density at radius 2 is 1.61 bits per heavy atom. The first-order valence-corrected chi connectivity index (χ1v) is 10.8. The average Bonchev–Trinajstić information content (AvgIpc) is 3.06. The van der Waals surface area contributed by atoms with Crippen LogP contribution in [0.15, 0.2) is 23.3 Å². The Hall–Kier alpha value is -1.85. The summed E-state index contributed by atoms with van der Waals surface area (Å²) in [6.07, 6.45) is 13.1. The summed E-state index contributed by atoms with van der Waals surface area (Å²) in [5.74, 6) is -0.316. The van der Waals surface area contributed by atoms with E-state index in [0.29, 0.717) is 21.3 Å². The van der Waals surface area contributed by atoms with Gasteiger partial charge >= 0.3 is 0 Å². The Bertz CT molecular complexity index is 812. The van der Waals surface area contributed by atoms with E-state index in [1.54, 1.807) is 18.2 Å². The summed E-state index contributed by atoms with van der Waals surface area (Å²) in [4.78, 5) is 12.6. The van der Waals surface area contributed by atoms with Crippen molar-refractivity contribution >= 4 is 35.3 Å². The van der Waals surface area contributed by atoms with Crippen LogP contribution in [0.4, 0.5) is 0 Å². The van der Waals surface area contributed by atoms with Crippen molar-refractivity contribution in [2.45, 2.75) is 64.2 Å². The van der Waals surface area contributed by atoms with Crippen LogP contribution in [-0.4, -0.2) is 22.3 Å². The fourth-order valence-corrected chi connectivity index (χ4v) is 4.07. The van der Waals surface area contributed by atoms with Gasteiger partial charge in [-0.25, -0.2) is 5.43 Å². The van der Waals surface area contributed by atoms with Crippen LogP contribution >= 0.6 is 23.2 Å². The summed E-state index contributed by atoms with van der Waals surface area (Å²) in [5, 5.41) is 12.4. The third-order valence-corrected chi connectivity index (χ3v) is 5.79. The van der Waals surface area contributed by atoms with E-state index in [2.05, 4.69) is 20.7 Å². The number of rotatable bonds is 3. The summed E-state index contributed by atoms with van der Waals surface area (Å²) in [6, 6.07) is 5.21. The maximum Gasteiger partial charge on any atom is 0.292 e. The summed E-state index contributed by atoms with van der Waals surface area (Å²) in [7, 11) is 0. The molecule has 0 bridgehead atoms. The van der Waals surface area contributed by atoms with Crippen molar-refractivity contribution in [3.8, 4) is 0 Å². The van der Waals surface area contributed by atoms with Crippen molar-refractivity contribution in [1.82, 2.24) is 15.6 Å². The third-order valence-electron chi connectivity index (χ3n) is 5.13. The number of aryl methyl sites for hydroxylation is 1. The molecule has 150 valence electrons. The molecule has 0 atom stereocenters. The molecule has 2 N–H and O–H groups in total. The number of hydrogen-bond acceptors (Lipinski definition) is 3. The van der Waals surface area contributed by atoms with Crippen LogP contribution in [-0.2, 0) is 12.8 Å². The number of benzene rings is 1. The molecule has 0 unspecified atom stereocenters. The Morgan fingerprint density at radius 3 is 2.29 bits per heavy atom. The SMILES string of the molecule is O=C(N/N=C/c1c(Cl)cccc1Cl)c1n[nH]c2c1CCCCCCCCCC2. The normalized spacial score (nSPS) is 16.2. The quantitative estimate of drug-likeness (QED) is 0.493. The van der Waals surface area contributed by atoms with E-state index >= 15 is 0 Å².